The average molecular weight is 353 g/mol. The minimum atomic E-state index is -0.760. The molecular weight excluding hydrogens is 330 g/mol. The van der Waals surface area contributed by atoms with E-state index in [1.807, 2.05) is 37.3 Å². The number of benzene rings is 2. The van der Waals surface area contributed by atoms with Crippen LogP contribution in [-0.2, 0) is 22.4 Å². The van der Waals surface area contributed by atoms with Gasteiger partial charge in [0.25, 0.3) is 5.91 Å². The Morgan fingerprint density at radius 2 is 1.88 bits per heavy atom. The van der Waals surface area contributed by atoms with E-state index in [0.717, 1.165) is 41.0 Å². The minimum absolute atomic E-state index is 0.372. The molecule has 1 aliphatic heterocycles. The van der Waals surface area contributed by atoms with E-state index in [9.17, 15) is 9.59 Å². The number of ether oxygens (including phenoxy) is 2. The zero-order valence-electron chi connectivity index (χ0n) is 15.3. The molecule has 5 heteroatoms. The first-order valence-electron chi connectivity index (χ1n) is 8.84. The number of amides is 2. The summed E-state index contributed by atoms with van der Waals surface area (Å²) < 4.78 is 11.1. The minimum Gasteiger partial charge on any atom is -0.457 e. The normalized spacial score (nSPS) is 16.3. The number of cyclic esters (lactones) is 1. The highest BCUT2D eigenvalue weighted by Crippen LogP contribution is 2.28. The molecule has 0 aliphatic carbocycles. The van der Waals surface area contributed by atoms with Crippen LogP contribution in [0.5, 0.6) is 11.5 Å². The predicted molar refractivity (Wildman–Crippen MR) is 98.5 cm³/mol. The highest BCUT2D eigenvalue weighted by molar-refractivity contribution is 6.00. The molecule has 5 nitrogen and oxygen atoms in total. The third kappa shape index (κ3) is 4.04. The van der Waals surface area contributed by atoms with E-state index in [1.54, 1.807) is 0 Å². The van der Waals surface area contributed by atoms with Gasteiger partial charge in [0.2, 0.25) is 0 Å². The summed E-state index contributed by atoms with van der Waals surface area (Å²) in [6.45, 7) is 6.18. The first kappa shape index (κ1) is 18.0. The molecule has 26 heavy (non-hydrogen) atoms. The molecule has 2 aromatic carbocycles. The smallest absolute Gasteiger partial charge is 0.414 e. The quantitative estimate of drug-likeness (QED) is 0.844. The number of imide groups is 1. The largest absolute Gasteiger partial charge is 0.457 e. The van der Waals surface area contributed by atoms with E-state index >= 15 is 0 Å². The Bertz CT molecular complexity index is 844. The van der Waals surface area contributed by atoms with Gasteiger partial charge in [-0.15, -0.1) is 0 Å². The van der Waals surface area contributed by atoms with E-state index in [0.29, 0.717) is 6.42 Å². The molecule has 0 saturated carbocycles. The van der Waals surface area contributed by atoms with Gasteiger partial charge >= 0.3 is 6.09 Å². The Hall–Kier alpha value is -2.82. The summed E-state index contributed by atoms with van der Waals surface area (Å²) in [7, 11) is 0. The lowest BCUT2D eigenvalue weighted by atomic mass is 9.98. The van der Waals surface area contributed by atoms with E-state index in [-0.39, 0.29) is 5.91 Å². The van der Waals surface area contributed by atoms with E-state index in [1.165, 1.54) is 5.56 Å². The monoisotopic (exact) mass is 353 g/mol. The van der Waals surface area contributed by atoms with Crippen LogP contribution in [0.2, 0.25) is 0 Å². The molecule has 1 fully saturated rings. The lowest BCUT2D eigenvalue weighted by molar-refractivity contribution is -0.123. The second-order valence-electron chi connectivity index (χ2n) is 6.64. The molecule has 1 aliphatic rings. The maximum Gasteiger partial charge on any atom is 0.414 e. The first-order chi connectivity index (χ1) is 12.5. The van der Waals surface area contributed by atoms with Crippen LogP contribution in [0.4, 0.5) is 4.79 Å². The van der Waals surface area contributed by atoms with Crippen LogP contribution < -0.4 is 10.1 Å². The fourth-order valence-electron chi connectivity index (χ4n) is 3.14. The standard InChI is InChI=1S/C21H23NO4/c1-4-5-15-11-17(25-18-9-6-13(2)10-14(18)3)8-7-16(15)12-19-20(23)22-21(24)26-19/h6-11,19H,4-5,12H2,1-3H3,(H,22,23,24). The van der Waals surface area contributed by atoms with Gasteiger partial charge in [0.1, 0.15) is 11.5 Å². The Kier molecular flexibility index (Phi) is 5.26. The van der Waals surface area contributed by atoms with E-state index in [4.69, 9.17) is 9.47 Å². The topological polar surface area (TPSA) is 64.6 Å². The highest BCUT2D eigenvalue weighted by Gasteiger charge is 2.32. The molecule has 0 radical (unpaired) electrons. The number of carbonyl (C=O) groups excluding carboxylic acids is 2. The van der Waals surface area contributed by atoms with Crippen LogP contribution in [0.15, 0.2) is 36.4 Å². The van der Waals surface area contributed by atoms with Crippen molar-refractivity contribution < 1.29 is 19.1 Å². The molecule has 1 saturated heterocycles. The van der Waals surface area contributed by atoms with Crippen molar-refractivity contribution in [3.63, 3.8) is 0 Å². The molecule has 1 heterocycles. The molecule has 2 amide bonds. The number of alkyl carbamates (subject to hydrolysis) is 1. The van der Waals surface area contributed by atoms with Gasteiger partial charge < -0.3 is 9.47 Å². The van der Waals surface area contributed by atoms with E-state index in [2.05, 4.69) is 25.2 Å². The van der Waals surface area contributed by atoms with E-state index < -0.39 is 12.2 Å². The van der Waals surface area contributed by atoms with Crippen molar-refractivity contribution >= 4 is 12.0 Å². The zero-order chi connectivity index (χ0) is 18.7. The van der Waals surface area contributed by atoms with Crippen LogP contribution >= 0.6 is 0 Å². The van der Waals surface area contributed by atoms with Crippen molar-refractivity contribution in [1.29, 1.82) is 0 Å². The summed E-state index contributed by atoms with van der Waals surface area (Å²) in [4.78, 5) is 23.0. The number of hydrogen-bond donors (Lipinski definition) is 1. The Labute approximate surface area is 153 Å². The lowest BCUT2D eigenvalue weighted by Crippen LogP contribution is -2.26. The van der Waals surface area contributed by atoms with Crippen molar-refractivity contribution in [2.45, 2.75) is 46.1 Å². The maximum atomic E-state index is 11.7. The van der Waals surface area contributed by atoms with Crippen molar-refractivity contribution in [2.24, 2.45) is 0 Å². The molecule has 0 spiro atoms. The second-order valence-corrected chi connectivity index (χ2v) is 6.64. The van der Waals surface area contributed by atoms with Gasteiger partial charge in [-0.05, 0) is 55.2 Å². The van der Waals surface area contributed by atoms with Crippen LogP contribution in [-0.4, -0.2) is 18.1 Å². The van der Waals surface area contributed by atoms with Gasteiger partial charge in [0.15, 0.2) is 6.10 Å². The fourth-order valence-corrected chi connectivity index (χ4v) is 3.14. The summed E-state index contributed by atoms with van der Waals surface area (Å²) >= 11 is 0. The Morgan fingerprint density at radius 1 is 1.08 bits per heavy atom. The molecular formula is C21H23NO4. The van der Waals surface area contributed by atoms with Gasteiger partial charge in [-0.2, -0.15) is 0 Å². The molecule has 1 N–H and O–H groups in total. The average Bonchev–Trinajstić information content (AvgIpc) is 2.90. The summed E-state index contributed by atoms with van der Waals surface area (Å²) in [5, 5.41) is 2.17. The number of nitrogens with one attached hydrogen (secondary N) is 1. The SMILES string of the molecule is CCCc1cc(Oc2ccc(C)cc2C)ccc1CC1OC(=O)NC1=O. The van der Waals surface area contributed by atoms with Crippen LogP contribution in [0.1, 0.15) is 35.6 Å². The van der Waals surface area contributed by atoms with Crippen LogP contribution in [0, 0.1) is 13.8 Å². The fraction of sp³-hybridized carbons (Fsp3) is 0.333. The molecule has 2 aromatic rings. The van der Waals surface area contributed by atoms with Crippen molar-refractivity contribution in [1.82, 2.24) is 5.32 Å². The van der Waals surface area contributed by atoms with Crippen LogP contribution in [0.25, 0.3) is 0 Å². The molecule has 1 unspecified atom stereocenters. The number of aryl methyl sites for hydroxylation is 3. The number of hydrogen-bond acceptors (Lipinski definition) is 4. The maximum absolute atomic E-state index is 11.7. The first-order valence-corrected chi connectivity index (χ1v) is 8.84. The number of rotatable bonds is 6. The van der Waals surface area contributed by atoms with Gasteiger partial charge in [0.05, 0.1) is 0 Å². The van der Waals surface area contributed by atoms with Crippen LogP contribution in [0.3, 0.4) is 0 Å². The highest BCUT2D eigenvalue weighted by atomic mass is 16.6. The van der Waals surface area contributed by atoms with Gasteiger partial charge in [-0.3, -0.25) is 10.1 Å². The van der Waals surface area contributed by atoms with Crippen molar-refractivity contribution in [3.8, 4) is 11.5 Å². The predicted octanol–water partition coefficient (Wildman–Crippen LogP) is 4.23. The molecule has 3 rings (SSSR count). The summed E-state index contributed by atoms with van der Waals surface area (Å²) in [5.74, 6) is 1.21. The van der Waals surface area contributed by atoms with Gasteiger partial charge in [0, 0.05) is 6.42 Å². The summed E-state index contributed by atoms with van der Waals surface area (Å²) in [5.41, 5.74) is 4.38. The van der Waals surface area contributed by atoms with Crippen molar-refractivity contribution in [2.75, 3.05) is 0 Å². The molecule has 0 bridgehead atoms. The van der Waals surface area contributed by atoms with Gasteiger partial charge in [-0.25, -0.2) is 4.79 Å². The Morgan fingerprint density at radius 3 is 2.54 bits per heavy atom. The molecule has 0 aromatic heterocycles. The Balaban J connectivity index is 1.82. The third-order valence-electron chi connectivity index (χ3n) is 4.43. The van der Waals surface area contributed by atoms with Crippen molar-refractivity contribution in [3.05, 3.63) is 58.7 Å². The zero-order valence-corrected chi connectivity index (χ0v) is 15.3. The van der Waals surface area contributed by atoms with Gasteiger partial charge in [-0.1, -0.05) is 37.1 Å². The second kappa shape index (κ2) is 7.60. The number of carbonyl (C=O) groups is 2. The summed E-state index contributed by atoms with van der Waals surface area (Å²) in [6.07, 6.45) is 0.769. The molecule has 136 valence electrons. The third-order valence-corrected chi connectivity index (χ3v) is 4.43. The molecule has 1 atom stereocenters. The lowest BCUT2D eigenvalue weighted by Gasteiger charge is -2.15. The summed E-state index contributed by atoms with van der Waals surface area (Å²) in [6, 6.07) is 11.9.